The van der Waals surface area contributed by atoms with E-state index in [2.05, 4.69) is 41.5 Å². The standard InChI is InChI=1S/C10H17N3/c1-10(2,3)12-6-7-13-9(8-12)4-5-11-13/h4-5H,6-8H2,1-3H3. The second-order valence-electron chi connectivity index (χ2n) is 4.64. The van der Waals surface area contributed by atoms with Gasteiger partial charge in [-0.25, -0.2) is 0 Å². The van der Waals surface area contributed by atoms with E-state index in [1.54, 1.807) is 0 Å². The summed E-state index contributed by atoms with van der Waals surface area (Å²) in [5, 5.41) is 4.26. The topological polar surface area (TPSA) is 21.1 Å². The first-order chi connectivity index (χ1) is 6.07. The third-order valence-corrected chi connectivity index (χ3v) is 2.69. The van der Waals surface area contributed by atoms with Crippen molar-refractivity contribution in [2.75, 3.05) is 6.54 Å². The van der Waals surface area contributed by atoms with Crippen LogP contribution in [0.25, 0.3) is 0 Å². The van der Waals surface area contributed by atoms with Gasteiger partial charge in [0.15, 0.2) is 0 Å². The van der Waals surface area contributed by atoms with Crippen LogP contribution in [-0.4, -0.2) is 26.8 Å². The van der Waals surface area contributed by atoms with Crippen molar-refractivity contribution in [3.8, 4) is 0 Å². The highest BCUT2D eigenvalue weighted by Crippen LogP contribution is 2.20. The molecule has 0 aromatic carbocycles. The van der Waals surface area contributed by atoms with Crippen molar-refractivity contribution in [3.63, 3.8) is 0 Å². The minimum Gasteiger partial charge on any atom is -0.291 e. The quantitative estimate of drug-likeness (QED) is 0.601. The van der Waals surface area contributed by atoms with Crippen LogP contribution in [0.3, 0.4) is 0 Å². The summed E-state index contributed by atoms with van der Waals surface area (Å²) in [6.07, 6.45) is 1.89. The van der Waals surface area contributed by atoms with Crippen LogP contribution in [0.4, 0.5) is 0 Å². The highest BCUT2D eigenvalue weighted by Gasteiger charge is 2.25. The van der Waals surface area contributed by atoms with Crippen molar-refractivity contribution in [1.82, 2.24) is 14.7 Å². The fourth-order valence-electron chi connectivity index (χ4n) is 1.76. The maximum absolute atomic E-state index is 4.26. The second kappa shape index (κ2) is 2.84. The van der Waals surface area contributed by atoms with Crippen molar-refractivity contribution in [1.29, 1.82) is 0 Å². The lowest BCUT2D eigenvalue weighted by atomic mass is 10.0. The minimum atomic E-state index is 0.273. The van der Waals surface area contributed by atoms with E-state index in [-0.39, 0.29) is 5.54 Å². The normalized spacial score (nSPS) is 18.7. The van der Waals surface area contributed by atoms with Crippen LogP contribution in [0.1, 0.15) is 26.5 Å². The second-order valence-corrected chi connectivity index (χ2v) is 4.64. The predicted molar refractivity (Wildman–Crippen MR) is 52.4 cm³/mol. The lowest BCUT2D eigenvalue weighted by molar-refractivity contribution is 0.0990. The van der Waals surface area contributed by atoms with E-state index in [9.17, 15) is 0 Å². The van der Waals surface area contributed by atoms with Gasteiger partial charge in [-0.15, -0.1) is 0 Å². The molecule has 0 amide bonds. The molecule has 13 heavy (non-hydrogen) atoms. The number of fused-ring (bicyclic) bond motifs is 1. The van der Waals surface area contributed by atoms with E-state index < -0.39 is 0 Å². The molecule has 1 aliphatic heterocycles. The van der Waals surface area contributed by atoms with Crippen molar-refractivity contribution in [2.24, 2.45) is 0 Å². The number of rotatable bonds is 0. The van der Waals surface area contributed by atoms with Crippen LogP contribution in [0.5, 0.6) is 0 Å². The Labute approximate surface area is 79.3 Å². The van der Waals surface area contributed by atoms with E-state index in [0.29, 0.717) is 0 Å². The maximum Gasteiger partial charge on any atom is 0.0540 e. The number of nitrogens with zero attached hydrogens (tertiary/aromatic N) is 3. The zero-order chi connectivity index (χ0) is 9.47. The highest BCUT2D eigenvalue weighted by atomic mass is 15.3. The van der Waals surface area contributed by atoms with Gasteiger partial charge in [-0.3, -0.25) is 9.58 Å². The minimum absolute atomic E-state index is 0.273. The molecule has 0 atom stereocenters. The Morgan fingerprint density at radius 2 is 2.08 bits per heavy atom. The van der Waals surface area contributed by atoms with E-state index in [1.807, 2.05) is 6.20 Å². The zero-order valence-corrected chi connectivity index (χ0v) is 8.62. The summed E-state index contributed by atoms with van der Waals surface area (Å²) in [6.45, 7) is 9.96. The largest absolute Gasteiger partial charge is 0.291 e. The number of aromatic nitrogens is 2. The van der Waals surface area contributed by atoms with Gasteiger partial charge in [0.2, 0.25) is 0 Å². The third-order valence-electron chi connectivity index (χ3n) is 2.69. The Balaban J connectivity index is 2.18. The summed E-state index contributed by atoms with van der Waals surface area (Å²) in [5.74, 6) is 0. The van der Waals surface area contributed by atoms with E-state index in [1.165, 1.54) is 5.69 Å². The van der Waals surface area contributed by atoms with Gasteiger partial charge in [-0.05, 0) is 26.8 Å². The fraction of sp³-hybridized carbons (Fsp3) is 0.700. The average molecular weight is 179 g/mol. The van der Waals surface area contributed by atoms with Crippen LogP contribution in [0.15, 0.2) is 12.3 Å². The maximum atomic E-state index is 4.26. The molecule has 0 fully saturated rings. The summed E-state index contributed by atoms with van der Waals surface area (Å²) < 4.78 is 2.10. The molecule has 3 heteroatoms. The molecule has 1 aliphatic rings. The first-order valence-electron chi connectivity index (χ1n) is 4.83. The lowest BCUT2D eigenvalue weighted by Crippen LogP contribution is -2.45. The van der Waals surface area contributed by atoms with Gasteiger partial charge in [0, 0.05) is 24.8 Å². The molecule has 0 saturated carbocycles. The third kappa shape index (κ3) is 1.61. The zero-order valence-electron chi connectivity index (χ0n) is 8.62. The SMILES string of the molecule is CC(C)(C)N1CCn2nccc2C1. The van der Waals surface area contributed by atoms with Gasteiger partial charge in [-0.2, -0.15) is 5.10 Å². The molecule has 72 valence electrons. The van der Waals surface area contributed by atoms with Gasteiger partial charge in [-0.1, -0.05) is 0 Å². The van der Waals surface area contributed by atoms with Gasteiger partial charge < -0.3 is 0 Å². The molecule has 2 rings (SSSR count). The Hall–Kier alpha value is -0.830. The average Bonchev–Trinajstić information content (AvgIpc) is 2.47. The van der Waals surface area contributed by atoms with E-state index >= 15 is 0 Å². The molecule has 0 bridgehead atoms. The molecule has 1 aromatic heterocycles. The van der Waals surface area contributed by atoms with Crippen molar-refractivity contribution >= 4 is 0 Å². The Morgan fingerprint density at radius 1 is 1.31 bits per heavy atom. The summed E-state index contributed by atoms with van der Waals surface area (Å²) in [7, 11) is 0. The first-order valence-corrected chi connectivity index (χ1v) is 4.83. The summed E-state index contributed by atoms with van der Waals surface area (Å²) in [6, 6.07) is 2.11. The number of hydrogen-bond acceptors (Lipinski definition) is 2. The molecule has 0 N–H and O–H groups in total. The van der Waals surface area contributed by atoms with Gasteiger partial charge in [0.25, 0.3) is 0 Å². The van der Waals surface area contributed by atoms with Crippen LogP contribution in [0, 0.1) is 0 Å². The van der Waals surface area contributed by atoms with Crippen molar-refractivity contribution < 1.29 is 0 Å². The van der Waals surface area contributed by atoms with Crippen molar-refractivity contribution in [3.05, 3.63) is 18.0 Å². The van der Waals surface area contributed by atoms with Gasteiger partial charge >= 0.3 is 0 Å². The smallest absolute Gasteiger partial charge is 0.0540 e. The molecule has 0 aliphatic carbocycles. The van der Waals surface area contributed by atoms with Crippen LogP contribution < -0.4 is 0 Å². The molecule has 0 spiro atoms. The van der Waals surface area contributed by atoms with E-state index in [4.69, 9.17) is 0 Å². The van der Waals surface area contributed by atoms with Gasteiger partial charge in [0.05, 0.1) is 12.2 Å². The molecular formula is C10H17N3. The molecule has 0 saturated heterocycles. The lowest BCUT2D eigenvalue weighted by Gasteiger charge is -2.38. The van der Waals surface area contributed by atoms with Crippen LogP contribution >= 0.6 is 0 Å². The van der Waals surface area contributed by atoms with Gasteiger partial charge in [0.1, 0.15) is 0 Å². The first kappa shape index (κ1) is 8.75. The Morgan fingerprint density at radius 3 is 2.77 bits per heavy atom. The molecule has 0 unspecified atom stereocenters. The van der Waals surface area contributed by atoms with Crippen LogP contribution in [-0.2, 0) is 13.1 Å². The summed E-state index contributed by atoms with van der Waals surface area (Å²) in [4.78, 5) is 2.49. The predicted octanol–water partition coefficient (Wildman–Crippen LogP) is 1.50. The molecular weight excluding hydrogens is 162 g/mol. The Bertz CT molecular complexity index is 295. The van der Waals surface area contributed by atoms with E-state index in [0.717, 1.165) is 19.6 Å². The molecule has 2 heterocycles. The number of hydrogen-bond donors (Lipinski definition) is 0. The molecule has 0 radical (unpaired) electrons. The molecule has 3 nitrogen and oxygen atoms in total. The Kier molecular flexibility index (Phi) is 1.91. The highest BCUT2D eigenvalue weighted by molar-refractivity contribution is 5.03. The fourth-order valence-corrected chi connectivity index (χ4v) is 1.76. The van der Waals surface area contributed by atoms with Crippen molar-refractivity contribution in [2.45, 2.75) is 39.4 Å². The van der Waals surface area contributed by atoms with Crippen LogP contribution in [0.2, 0.25) is 0 Å². The summed E-state index contributed by atoms with van der Waals surface area (Å²) >= 11 is 0. The molecule has 1 aromatic rings. The summed E-state index contributed by atoms with van der Waals surface area (Å²) in [5.41, 5.74) is 1.61. The monoisotopic (exact) mass is 179 g/mol.